The van der Waals surface area contributed by atoms with Crippen LogP contribution in [0.3, 0.4) is 0 Å². The maximum atomic E-state index is 5.17. The second-order valence-electron chi connectivity index (χ2n) is 2.66. The van der Waals surface area contributed by atoms with Crippen LogP contribution in [0.5, 0.6) is 5.75 Å². The van der Waals surface area contributed by atoms with Gasteiger partial charge in [0.2, 0.25) is 5.95 Å². The number of hydrogen-bond donors (Lipinski definition) is 2. The molecule has 0 atom stereocenters. The third-order valence-electron chi connectivity index (χ3n) is 1.78. The van der Waals surface area contributed by atoms with Gasteiger partial charge in [0.1, 0.15) is 12.1 Å². The van der Waals surface area contributed by atoms with E-state index in [1.807, 2.05) is 24.3 Å². The first-order chi connectivity index (χ1) is 6.90. The fraction of sp³-hybridized carbons (Fsp3) is 0.111. The van der Waals surface area contributed by atoms with E-state index in [0.717, 1.165) is 11.4 Å². The van der Waals surface area contributed by atoms with Crippen LogP contribution in [0.25, 0.3) is 0 Å². The molecule has 2 rings (SSSR count). The first kappa shape index (κ1) is 8.55. The Kier molecular flexibility index (Phi) is 2.31. The lowest BCUT2D eigenvalue weighted by atomic mass is 10.3. The monoisotopic (exact) mass is 190 g/mol. The Balaban J connectivity index is 2.24. The van der Waals surface area contributed by atoms with Crippen LogP contribution in [0.4, 0.5) is 11.6 Å². The van der Waals surface area contributed by atoms with Gasteiger partial charge in [-0.3, -0.25) is 0 Å². The van der Waals surface area contributed by atoms with Gasteiger partial charge in [0.05, 0.1) is 12.8 Å². The van der Waals surface area contributed by atoms with Crippen molar-refractivity contribution in [1.29, 1.82) is 0 Å². The van der Waals surface area contributed by atoms with E-state index in [9.17, 15) is 0 Å². The quantitative estimate of drug-likeness (QED) is 0.770. The maximum absolute atomic E-state index is 5.17. The molecule has 0 saturated heterocycles. The Hall–Kier alpha value is -2.04. The van der Waals surface area contributed by atoms with E-state index in [4.69, 9.17) is 4.74 Å². The second-order valence-corrected chi connectivity index (χ2v) is 2.66. The van der Waals surface area contributed by atoms with Gasteiger partial charge in [-0.05, 0) is 12.1 Å². The SMILES string of the molecule is COc1ccccc1Nc1ncn[nH]1. The molecule has 5 nitrogen and oxygen atoms in total. The molecule has 0 amide bonds. The lowest BCUT2D eigenvalue weighted by molar-refractivity contribution is 0.417. The number of methoxy groups -OCH3 is 1. The van der Waals surface area contributed by atoms with E-state index < -0.39 is 0 Å². The summed E-state index contributed by atoms with van der Waals surface area (Å²) in [6, 6.07) is 7.60. The van der Waals surface area contributed by atoms with E-state index in [0.29, 0.717) is 5.95 Å². The Labute approximate surface area is 81.1 Å². The van der Waals surface area contributed by atoms with Crippen LogP contribution >= 0.6 is 0 Å². The summed E-state index contributed by atoms with van der Waals surface area (Å²) in [4.78, 5) is 3.95. The molecule has 0 fully saturated rings. The number of H-pyrrole nitrogens is 1. The Morgan fingerprint density at radius 3 is 2.93 bits per heavy atom. The summed E-state index contributed by atoms with van der Waals surface area (Å²) in [7, 11) is 1.63. The van der Waals surface area contributed by atoms with Gasteiger partial charge in [-0.2, -0.15) is 10.1 Å². The standard InChI is InChI=1S/C9H10N4O/c1-14-8-5-3-2-4-7(8)12-9-10-6-11-13-9/h2-6H,1H3,(H2,10,11,12,13). The molecule has 72 valence electrons. The van der Waals surface area contributed by atoms with Gasteiger partial charge in [0, 0.05) is 0 Å². The molecule has 0 aliphatic heterocycles. The van der Waals surface area contributed by atoms with Crippen molar-refractivity contribution in [3.05, 3.63) is 30.6 Å². The van der Waals surface area contributed by atoms with E-state index >= 15 is 0 Å². The minimum Gasteiger partial charge on any atom is -0.495 e. The van der Waals surface area contributed by atoms with Crippen LogP contribution in [-0.2, 0) is 0 Å². The van der Waals surface area contributed by atoms with Crippen molar-refractivity contribution < 1.29 is 4.74 Å². The number of nitrogens with zero attached hydrogens (tertiary/aromatic N) is 2. The molecular weight excluding hydrogens is 180 g/mol. The van der Waals surface area contributed by atoms with E-state index in [1.54, 1.807) is 7.11 Å². The zero-order valence-electron chi connectivity index (χ0n) is 7.69. The van der Waals surface area contributed by atoms with Gasteiger partial charge in [0.15, 0.2) is 0 Å². The fourth-order valence-electron chi connectivity index (χ4n) is 1.14. The molecule has 1 heterocycles. The van der Waals surface area contributed by atoms with Gasteiger partial charge in [-0.15, -0.1) is 0 Å². The topological polar surface area (TPSA) is 62.8 Å². The van der Waals surface area contributed by atoms with Crippen molar-refractivity contribution in [2.24, 2.45) is 0 Å². The van der Waals surface area contributed by atoms with E-state index in [-0.39, 0.29) is 0 Å². The first-order valence-corrected chi connectivity index (χ1v) is 4.15. The smallest absolute Gasteiger partial charge is 0.223 e. The molecule has 2 aromatic rings. The molecule has 0 radical (unpaired) electrons. The number of para-hydroxylation sites is 2. The van der Waals surface area contributed by atoms with Gasteiger partial charge in [-0.1, -0.05) is 12.1 Å². The third-order valence-corrected chi connectivity index (χ3v) is 1.78. The van der Waals surface area contributed by atoms with Gasteiger partial charge < -0.3 is 10.1 Å². The highest BCUT2D eigenvalue weighted by Gasteiger charge is 2.02. The molecule has 0 saturated carbocycles. The number of benzene rings is 1. The van der Waals surface area contributed by atoms with Gasteiger partial charge >= 0.3 is 0 Å². The minimum atomic E-state index is 0.592. The van der Waals surface area contributed by atoms with Crippen molar-refractivity contribution >= 4 is 11.6 Å². The molecule has 0 unspecified atom stereocenters. The fourth-order valence-corrected chi connectivity index (χ4v) is 1.14. The summed E-state index contributed by atoms with van der Waals surface area (Å²) in [5, 5.41) is 9.49. The number of aromatic nitrogens is 3. The Bertz CT molecular complexity index is 399. The summed E-state index contributed by atoms with van der Waals surface area (Å²) < 4.78 is 5.17. The predicted octanol–water partition coefficient (Wildman–Crippen LogP) is 1.56. The number of aromatic amines is 1. The van der Waals surface area contributed by atoms with Crippen molar-refractivity contribution in [2.45, 2.75) is 0 Å². The Morgan fingerprint density at radius 2 is 2.21 bits per heavy atom. The maximum Gasteiger partial charge on any atom is 0.223 e. The average Bonchev–Trinajstić information content (AvgIpc) is 2.71. The number of rotatable bonds is 3. The zero-order valence-corrected chi connectivity index (χ0v) is 7.69. The molecular formula is C9H10N4O. The molecule has 1 aromatic heterocycles. The molecule has 1 aromatic carbocycles. The summed E-state index contributed by atoms with van der Waals surface area (Å²) in [5.74, 6) is 1.36. The summed E-state index contributed by atoms with van der Waals surface area (Å²) in [6.45, 7) is 0. The van der Waals surface area contributed by atoms with E-state index in [2.05, 4.69) is 20.5 Å². The molecule has 0 aliphatic carbocycles. The van der Waals surface area contributed by atoms with Crippen LogP contribution < -0.4 is 10.1 Å². The summed E-state index contributed by atoms with van der Waals surface area (Å²) in [6.07, 6.45) is 1.44. The molecule has 2 N–H and O–H groups in total. The van der Waals surface area contributed by atoms with Crippen LogP contribution in [0.1, 0.15) is 0 Å². The highest BCUT2D eigenvalue weighted by molar-refractivity contribution is 5.61. The highest BCUT2D eigenvalue weighted by atomic mass is 16.5. The average molecular weight is 190 g/mol. The van der Waals surface area contributed by atoms with Crippen LogP contribution in [0, 0.1) is 0 Å². The molecule has 0 bridgehead atoms. The summed E-state index contributed by atoms with van der Waals surface area (Å²) >= 11 is 0. The molecule has 14 heavy (non-hydrogen) atoms. The number of hydrogen-bond acceptors (Lipinski definition) is 4. The second kappa shape index (κ2) is 3.78. The Morgan fingerprint density at radius 1 is 1.36 bits per heavy atom. The third kappa shape index (κ3) is 1.66. The number of nitrogens with one attached hydrogen (secondary N) is 2. The highest BCUT2D eigenvalue weighted by Crippen LogP contribution is 2.24. The lowest BCUT2D eigenvalue weighted by Gasteiger charge is -2.07. The van der Waals surface area contributed by atoms with Crippen molar-refractivity contribution in [1.82, 2.24) is 15.2 Å². The summed E-state index contributed by atoms with van der Waals surface area (Å²) in [5.41, 5.74) is 0.853. The largest absolute Gasteiger partial charge is 0.495 e. The van der Waals surface area contributed by atoms with Crippen LogP contribution in [0.15, 0.2) is 30.6 Å². The lowest BCUT2D eigenvalue weighted by Crippen LogP contribution is -1.95. The molecule has 0 aliphatic rings. The van der Waals surface area contributed by atoms with Gasteiger partial charge in [0.25, 0.3) is 0 Å². The molecule has 5 heteroatoms. The molecule has 0 spiro atoms. The first-order valence-electron chi connectivity index (χ1n) is 4.15. The normalized spacial score (nSPS) is 9.79. The predicted molar refractivity (Wildman–Crippen MR) is 52.7 cm³/mol. The number of ether oxygens (including phenoxy) is 1. The van der Waals surface area contributed by atoms with Crippen LogP contribution in [-0.4, -0.2) is 22.3 Å². The number of anilines is 2. The van der Waals surface area contributed by atoms with Crippen molar-refractivity contribution in [3.8, 4) is 5.75 Å². The van der Waals surface area contributed by atoms with Crippen molar-refractivity contribution in [2.75, 3.05) is 12.4 Å². The van der Waals surface area contributed by atoms with Crippen LogP contribution in [0.2, 0.25) is 0 Å². The van der Waals surface area contributed by atoms with Gasteiger partial charge in [-0.25, -0.2) is 5.10 Å². The zero-order chi connectivity index (χ0) is 9.80. The van der Waals surface area contributed by atoms with E-state index in [1.165, 1.54) is 6.33 Å². The van der Waals surface area contributed by atoms with Crippen molar-refractivity contribution in [3.63, 3.8) is 0 Å². The minimum absolute atomic E-state index is 0.592.